The molecule has 0 radical (unpaired) electrons. The molecule has 0 fully saturated rings. The molecule has 3 aromatic rings. The van der Waals surface area contributed by atoms with E-state index in [9.17, 15) is 0 Å². The fraction of sp³-hybridized carbons (Fsp3) is 0.263. The Morgan fingerprint density at radius 2 is 1.79 bits per heavy atom. The van der Waals surface area contributed by atoms with Crippen LogP contribution in [0, 0.1) is 20.8 Å². The highest BCUT2D eigenvalue weighted by atomic mass is 16.5. The first kappa shape index (κ1) is 16.1. The first-order valence-corrected chi connectivity index (χ1v) is 7.74. The second-order valence-electron chi connectivity index (χ2n) is 5.73. The highest BCUT2D eigenvalue weighted by Gasteiger charge is 2.11. The quantitative estimate of drug-likeness (QED) is 0.702. The minimum atomic E-state index is 0.243. The van der Waals surface area contributed by atoms with Gasteiger partial charge >= 0.3 is 0 Å². The van der Waals surface area contributed by atoms with Gasteiger partial charge in [0, 0.05) is 5.56 Å². The fourth-order valence-electron chi connectivity index (χ4n) is 2.46. The average molecular weight is 324 g/mol. The summed E-state index contributed by atoms with van der Waals surface area (Å²) < 4.78 is 16.3. The van der Waals surface area contributed by atoms with E-state index in [2.05, 4.69) is 23.1 Å². The van der Waals surface area contributed by atoms with Gasteiger partial charge in [-0.15, -0.1) is 0 Å². The molecule has 0 bridgehead atoms. The van der Waals surface area contributed by atoms with Crippen LogP contribution >= 0.6 is 0 Å². The second kappa shape index (κ2) is 6.74. The predicted molar refractivity (Wildman–Crippen MR) is 91.3 cm³/mol. The summed E-state index contributed by atoms with van der Waals surface area (Å²) >= 11 is 0. The lowest BCUT2D eigenvalue weighted by Crippen LogP contribution is -1.99. The Morgan fingerprint density at radius 1 is 1.04 bits per heavy atom. The Labute approximate surface area is 141 Å². The maximum absolute atomic E-state index is 5.85. The van der Waals surface area contributed by atoms with E-state index in [4.69, 9.17) is 14.0 Å². The molecule has 0 unspecified atom stereocenters. The summed E-state index contributed by atoms with van der Waals surface area (Å²) in [6, 6.07) is 11.7. The number of hydrogen-bond acceptors (Lipinski definition) is 5. The Balaban J connectivity index is 1.72. The van der Waals surface area contributed by atoms with Crippen LogP contribution in [0.25, 0.3) is 11.4 Å². The summed E-state index contributed by atoms with van der Waals surface area (Å²) in [7, 11) is 1.63. The molecular formula is C19H20N2O3. The van der Waals surface area contributed by atoms with Crippen LogP contribution < -0.4 is 9.47 Å². The summed E-state index contributed by atoms with van der Waals surface area (Å²) in [5, 5.41) is 4.00. The molecule has 0 saturated heterocycles. The molecule has 0 atom stereocenters. The van der Waals surface area contributed by atoms with Crippen molar-refractivity contribution < 1.29 is 14.0 Å². The molecule has 24 heavy (non-hydrogen) atoms. The van der Waals surface area contributed by atoms with Gasteiger partial charge in [-0.2, -0.15) is 4.98 Å². The van der Waals surface area contributed by atoms with Gasteiger partial charge in [-0.05, 0) is 67.8 Å². The fourth-order valence-corrected chi connectivity index (χ4v) is 2.46. The number of aryl methyl sites for hydroxylation is 2. The number of nitrogens with zero attached hydrogens (tertiary/aromatic N) is 2. The van der Waals surface area contributed by atoms with Crippen molar-refractivity contribution in [2.24, 2.45) is 0 Å². The van der Waals surface area contributed by atoms with Gasteiger partial charge in [0.1, 0.15) is 11.5 Å². The standard InChI is InChI=1S/C19H20N2O3/c1-12-9-13(2)14(3)17(10-12)23-11-18-20-19(21-24-18)15-5-7-16(22-4)8-6-15/h5-10H,11H2,1-4H3. The Morgan fingerprint density at radius 3 is 2.50 bits per heavy atom. The second-order valence-corrected chi connectivity index (χ2v) is 5.73. The third-order valence-corrected chi connectivity index (χ3v) is 3.93. The molecule has 124 valence electrons. The van der Waals surface area contributed by atoms with Gasteiger partial charge in [0.2, 0.25) is 5.82 Å². The van der Waals surface area contributed by atoms with E-state index in [0.29, 0.717) is 11.7 Å². The molecule has 1 heterocycles. The van der Waals surface area contributed by atoms with Crippen molar-refractivity contribution in [2.75, 3.05) is 7.11 Å². The Hall–Kier alpha value is -2.82. The molecule has 0 amide bonds. The Bertz CT molecular complexity index is 838. The number of ether oxygens (including phenoxy) is 2. The normalized spacial score (nSPS) is 10.7. The minimum Gasteiger partial charge on any atom is -0.497 e. The lowest BCUT2D eigenvalue weighted by molar-refractivity contribution is 0.241. The van der Waals surface area contributed by atoms with Crippen LogP contribution in [-0.2, 0) is 6.61 Å². The molecular weight excluding hydrogens is 304 g/mol. The molecule has 0 saturated carbocycles. The number of benzene rings is 2. The van der Waals surface area contributed by atoms with Crippen LogP contribution in [0.2, 0.25) is 0 Å². The van der Waals surface area contributed by atoms with Gasteiger partial charge in [0.05, 0.1) is 7.11 Å². The zero-order chi connectivity index (χ0) is 17.1. The van der Waals surface area contributed by atoms with Crippen molar-refractivity contribution in [3.8, 4) is 22.9 Å². The average Bonchev–Trinajstić information content (AvgIpc) is 3.06. The molecule has 1 aromatic heterocycles. The zero-order valence-electron chi connectivity index (χ0n) is 14.3. The van der Waals surface area contributed by atoms with Crippen molar-refractivity contribution in [1.82, 2.24) is 10.1 Å². The molecule has 3 rings (SSSR count). The van der Waals surface area contributed by atoms with Gasteiger partial charge in [0.15, 0.2) is 6.61 Å². The van der Waals surface area contributed by atoms with E-state index in [1.165, 1.54) is 5.56 Å². The van der Waals surface area contributed by atoms with Crippen LogP contribution in [0.4, 0.5) is 0 Å². The number of hydrogen-bond donors (Lipinski definition) is 0. The smallest absolute Gasteiger partial charge is 0.264 e. The maximum Gasteiger partial charge on any atom is 0.264 e. The van der Waals surface area contributed by atoms with E-state index in [0.717, 1.165) is 28.2 Å². The molecule has 0 aliphatic carbocycles. The van der Waals surface area contributed by atoms with Crippen molar-refractivity contribution in [2.45, 2.75) is 27.4 Å². The van der Waals surface area contributed by atoms with Crippen LogP contribution in [0.1, 0.15) is 22.6 Å². The van der Waals surface area contributed by atoms with Gasteiger partial charge in [-0.25, -0.2) is 0 Å². The third-order valence-electron chi connectivity index (χ3n) is 3.93. The molecule has 5 nitrogen and oxygen atoms in total. The molecule has 0 N–H and O–H groups in total. The third kappa shape index (κ3) is 3.40. The molecule has 0 aliphatic rings. The minimum absolute atomic E-state index is 0.243. The maximum atomic E-state index is 5.85. The highest BCUT2D eigenvalue weighted by Crippen LogP contribution is 2.25. The first-order valence-electron chi connectivity index (χ1n) is 7.74. The lowest BCUT2D eigenvalue weighted by Gasteiger charge is -2.10. The Kier molecular flexibility index (Phi) is 4.51. The van der Waals surface area contributed by atoms with Crippen molar-refractivity contribution in [3.05, 3.63) is 59.0 Å². The van der Waals surface area contributed by atoms with E-state index in [1.54, 1.807) is 7.11 Å². The van der Waals surface area contributed by atoms with Crippen molar-refractivity contribution >= 4 is 0 Å². The molecule has 2 aromatic carbocycles. The van der Waals surface area contributed by atoms with Gasteiger partial charge in [0.25, 0.3) is 5.89 Å². The van der Waals surface area contributed by atoms with Crippen LogP contribution in [0.3, 0.4) is 0 Å². The summed E-state index contributed by atoms with van der Waals surface area (Å²) in [6.07, 6.45) is 0. The summed E-state index contributed by atoms with van der Waals surface area (Å²) in [6.45, 7) is 6.41. The largest absolute Gasteiger partial charge is 0.497 e. The summed E-state index contributed by atoms with van der Waals surface area (Å²) in [5.41, 5.74) is 4.36. The highest BCUT2D eigenvalue weighted by molar-refractivity contribution is 5.55. The van der Waals surface area contributed by atoms with Crippen LogP contribution in [0.5, 0.6) is 11.5 Å². The van der Waals surface area contributed by atoms with Crippen LogP contribution in [0.15, 0.2) is 40.9 Å². The topological polar surface area (TPSA) is 57.4 Å². The predicted octanol–water partition coefficient (Wildman–Crippen LogP) is 4.25. The van der Waals surface area contributed by atoms with Crippen molar-refractivity contribution in [3.63, 3.8) is 0 Å². The summed E-state index contributed by atoms with van der Waals surface area (Å²) in [4.78, 5) is 4.38. The SMILES string of the molecule is COc1ccc(-c2noc(COc3cc(C)cc(C)c3C)n2)cc1. The number of rotatable bonds is 5. The van der Waals surface area contributed by atoms with E-state index >= 15 is 0 Å². The lowest BCUT2D eigenvalue weighted by atomic mass is 10.1. The molecule has 5 heteroatoms. The number of methoxy groups -OCH3 is 1. The first-order chi connectivity index (χ1) is 11.6. The molecule has 0 spiro atoms. The van der Waals surface area contributed by atoms with Gasteiger partial charge < -0.3 is 14.0 Å². The molecule has 0 aliphatic heterocycles. The monoisotopic (exact) mass is 324 g/mol. The zero-order valence-corrected chi connectivity index (χ0v) is 14.3. The van der Waals surface area contributed by atoms with E-state index in [-0.39, 0.29) is 6.61 Å². The number of aromatic nitrogens is 2. The van der Waals surface area contributed by atoms with E-state index in [1.807, 2.05) is 44.2 Å². The van der Waals surface area contributed by atoms with Gasteiger partial charge in [-0.1, -0.05) is 11.2 Å². The van der Waals surface area contributed by atoms with Gasteiger partial charge in [-0.3, -0.25) is 0 Å². The summed E-state index contributed by atoms with van der Waals surface area (Å²) in [5.74, 6) is 2.61. The van der Waals surface area contributed by atoms with Crippen LogP contribution in [-0.4, -0.2) is 17.3 Å². The van der Waals surface area contributed by atoms with E-state index < -0.39 is 0 Å². The van der Waals surface area contributed by atoms with Crippen molar-refractivity contribution in [1.29, 1.82) is 0 Å².